The number of fused-ring (bicyclic) bond motifs is 1. The number of hydrogen-bond acceptors (Lipinski definition) is 6. The summed E-state index contributed by atoms with van der Waals surface area (Å²) in [5, 5.41) is 2.00. The quantitative estimate of drug-likeness (QED) is 0.692. The minimum atomic E-state index is -3.69. The van der Waals surface area contributed by atoms with Gasteiger partial charge < -0.3 is 0 Å². The van der Waals surface area contributed by atoms with Crippen molar-refractivity contribution in [2.24, 2.45) is 4.99 Å². The van der Waals surface area contributed by atoms with E-state index < -0.39 is 10.0 Å². The van der Waals surface area contributed by atoms with Crippen LogP contribution >= 0.6 is 11.3 Å². The van der Waals surface area contributed by atoms with E-state index in [1.165, 1.54) is 29.7 Å². The standard InChI is InChI=1S/C19H15N3O3S2/c23-17(18-16-4-2-1-3-14(16)12-21-18)11-13-5-7-15(8-6-13)27(24,25)22-19-20-9-10-26-19/h1-10H,11-12H2,(H,20,22). The average molecular weight is 397 g/mol. The molecule has 1 aromatic heterocycles. The largest absolute Gasteiger partial charge is 0.292 e. The van der Waals surface area contributed by atoms with Crippen molar-refractivity contribution < 1.29 is 13.2 Å². The minimum absolute atomic E-state index is 0.0727. The Morgan fingerprint density at radius 2 is 1.89 bits per heavy atom. The van der Waals surface area contributed by atoms with Gasteiger partial charge in [0.25, 0.3) is 10.0 Å². The van der Waals surface area contributed by atoms with Gasteiger partial charge >= 0.3 is 0 Å². The fourth-order valence-corrected chi connectivity index (χ4v) is 4.67. The minimum Gasteiger partial charge on any atom is -0.292 e. The van der Waals surface area contributed by atoms with E-state index in [-0.39, 0.29) is 17.1 Å². The van der Waals surface area contributed by atoms with Crippen molar-refractivity contribution in [3.63, 3.8) is 0 Å². The second kappa shape index (κ2) is 7.05. The summed E-state index contributed by atoms with van der Waals surface area (Å²) in [6, 6.07) is 14.0. The number of benzene rings is 2. The lowest BCUT2D eigenvalue weighted by Crippen LogP contribution is -2.17. The normalized spacial score (nSPS) is 13.1. The maximum Gasteiger partial charge on any atom is 0.263 e. The van der Waals surface area contributed by atoms with Gasteiger partial charge in [-0.15, -0.1) is 11.3 Å². The molecule has 0 spiro atoms. The van der Waals surface area contributed by atoms with E-state index in [9.17, 15) is 13.2 Å². The Balaban J connectivity index is 1.48. The maximum absolute atomic E-state index is 12.6. The molecular weight excluding hydrogens is 382 g/mol. The Kier molecular flexibility index (Phi) is 4.59. The lowest BCUT2D eigenvalue weighted by molar-refractivity contribution is -0.112. The molecule has 0 saturated carbocycles. The Morgan fingerprint density at radius 1 is 1.11 bits per heavy atom. The first-order valence-electron chi connectivity index (χ1n) is 8.20. The molecule has 1 aliphatic heterocycles. The lowest BCUT2D eigenvalue weighted by Gasteiger charge is -2.07. The van der Waals surface area contributed by atoms with Crippen LogP contribution in [0.15, 0.2) is 70.0 Å². The maximum atomic E-state index is 12.6. The van der Waals surface area contributed by atoms with E-state index >= 15 is 0 Å². The number of anilines is 1. The summed E-state index contributed by atoms with van der Waals surface area (Å²) in [7, 11) is -3.69. The molecular formula is C19H15N3O3S2. The van der Waals surface area contributed by atoms with Gasteiger partial charge in [-0.3, -0.25) is 14.5 Å². The predicted molar refractivity (Wildman–Crippen MR) is 105 cm³/mol. The van der Waals surface area contributed by atoms with Gasteiger partial charge in [0.1, 0.15) is 5.71 Å². The number of rotatable bonds is 6. The topological polar surface area (TPSA) is 88.5 Å². The van der Waals surface area contributed by atoms with E-state index in [2.05, 4.69) is 14.7 Å². The molecule has 27 heavy (non-hydrogen) atoms. The van der Waals surface area contributed by atoms with Crippen LogP contribution in [0.1, 0.15) is 16.7 Å². The number of aliphatic imine (C=N–C) groups is 1. The smallest absolute Gasteiger partial charge is 0.263 e. The van der Waals surface area contributed by atoms with Crippen molar-refractivity contribution in [3.05, 3.63) is 76.8 Å². The van der Waals surface area contributed by atoms with Gasteiger partial charge in [-0.2, -0.15) is 0 Å². The molecule has 0 bridgehead atoms. The molecule has 0 aliphatic carbocycles. The van der Waals surface area contributed by atoms with Crippen molar-refractivity contribution in [1.29, 1.82) is 0 Å². The zero-order valence-corrected chi connectivity index (χ0v) is 15.8. The number of ketones is 1. The van der Waals surface area contributed by atoms with Gasteiger partial charge in [-0.05, 0) is 23.3 Å². The Bertz CT molecular complexity index is 1120. The summed E-state index contributed by atoms with van der Waals surface area (Å²) in [6.07, 6.45) is 1.70. The molecule has 6 nitrogen and oxygen atoms in total. The Labute approximate surface area is 160 Å². The van der Waals surface area contributed by atoms with Crippen LogP contribution in [0, 0.1) is 0 Å². The van der Waals surface area contributed by atoms with Crippen LogP contribution < -0.4 is 4.72 Å². The van der Waals surface area contributed by atoms with E-state index in [1.807, 2.05) is 24.3 Å². The molecule has 4 rings (SSSR count). The highest BCUT2D eigenvalue weighted by molar-refractivity contribution is 7.93. The SMILES string of the molecule is O=C(Cc1ccc(S(=O)(=O)Nc2nccs2)cc1)C1=NCc2ccccc21. The van der Waals surface area contributed by atoms with Crippen LogP contribution in [0.4, 0.5) is 5.13 Å². The Morgan fingerprint density at radius 3 is 2.63 bits per heavy atom. The first-order chi connectivity index (χ1) is 13.0. The lowest BCUT2D eigenvalue weighted by atomic mass is 9.99. The zero-order valence-electron chi connectivity index (χ0n) is 14.1. The van der Waals surface area contributed by atoms with E-state index in [1.54, 1.807) is 17.5 Å². The molecule has 0 atom stereocenters. The van der Waals surface area contributed by atoms with Crippen LogP contribution in [0.25, 0.3) is 0 Å². The highest BCUT2D eigenvalue weighted by Gasteiger charge is 2.22. The third-order valence-electron chi connectivity index (χ3n) is 4.20. The van der Waals surface area contributed by atoms with Crippen molar-refractivity contribution >= 4 is 38.0 Å². The van der Waals surface area contributed by atoms with Gasteiger partial charge in [0.2, 0.25) is 0 Å². The predicted octanol–water partition coefficient (Wildman–Crippen LogP) is 3.06. The summed E-state index contributed by atoms with van der Waals surface area (Å²) >= 11 is 1.21. The number of sulfonamides is 1. The molecule has 0 amide bonds. The monoisotopic (exact) mass is 397 g/mol. The number of aromatic nitrogens is 1. The molecule has 0 saturated heterocycles. The van der Waals surface area contributed by atoms with Gasteiger partial charge in [-0.1, -0.05) is 36.4 Å². The van der Waals surface area contributed by atoms with Crippen molar-refractivity contribution in [2.45, 2.75) is 17.9 Å². The van der Waals surface area contributed by atoms with Gasteiger partial charge in [0.15, 0.2) is 10.9 Å². The van der Waals surface area contributed by atoms with Gasteiger partial charge in [0.05, 0.1) is 11.4 Å². The highest BCUT2D eigenvalue weighted by atomic mass is 32.2. The number of Topliss-reactive ketones (excluding diaryl/α,β-unsaturated/α-hetero) is 1. The molecule has 0 fully saturated rings. The molecule has 8 heteroatoms. The summed E-state index contributed by atoms with van der Waals surface area (Å²) < 4.78 is 27.1. The number of hydrogen-bond donors (Lipinski definition) is 1. The van der Waals surface area contributed by atoms with Crippen molar-refractivity contribution in [1.82, 2.24) is 4.98 Å². The highest BCUT2D eigenvalue weighted by Crippen LogP contribution is 2.21. The van der Waals surface area contributed by atoms with Crippen LogP contribution in [0.3, 0.4) is 0 Å². The van der Waals surface area contributed by atoms with E-state index in [0.717, 1.165) is 16.7 Å². The second-order valence-electron chi connectivity index (χ2n) is 6.01. The van der Waals surface area contributed by atoms with Crippen LogP contribution in [-0.2, 0) is 27.8 Å². The molecule has 1 aliphatic rings. The number of nitrogens with zero attached hydrogens (tertiary/aromatic N) is 2. The van der Waals surface area contributed by atoms with Gasteiger partial charge in [-0.25, -0.2) is 13.4 Å². The molecule has 136 valence electrons. The molecule has 0 unspecified atom stereocenters. The van der Waals surface area contributed by atoms with Crippen LogP contribution in [0.2, 0.25) is 0 Å². The molecule has 2 aromatic carbocycles. The average Bonchev–Trinajstić information content (AvgIpc) is 3.31. The summed E-state index contributed by atoms with van der Waals surface area (Å²) in [6.45, 7) is 0.525. The fourth-order valence-electron chi connectivity index (χ4n) is 2.88. The summed E-state index contributed by atoms with van der Waals surface area (Å²) in [5.74, 6) is -0.0727. The zero-order chi connectivity index (χ0) is 18.9. The third-order valence-corrected chi connectivity index (χ3v) is 6.37. The third kappa shape index (κ3) is 3.67. The number of nitrogens with one attached hydrogen (secondary N) is 1. The van der Waals surface area contributed by atoms with Crippen LogP contribution in [0.5, 0.6) is 0 Å². The number of carbonyl (C=O) groups is 1. The first-order valence-corrected chi connectivity index (χ1v) is 10.6. The Hall–Kier alpha value is -2.84. The number of carbonyl (C=O) groups excluding carboxylic acids is 1. The molecule has 1 N–H and O–H groups in total. The first kappa shape index (κ1) is 17.6. The molecule has 0 radical (unpaired) electrons. The molecule has 3 aromatic rings. The van der Waals surface area contributed by atoms with Crippen LogP contribution in [-0.4, -0.2) is 24.9 Å². The van der Waals surface area contributed by atoms with Gasteiger partial charge in [0, 0.05) is 23.6 Å². The summed E-state index contributed by atoms with van der Waals surface area (Å²) in [5.41, 5.74) is 3.16. The van der Waals surface area contributed by atoms with E-state index in [4.69, 9.17) is 0 Å². The van der Waals surface area contributed by atoms with Crippen molar-refractivity contribution in [2.75, 3.05) is 4.72 Å². The second-order valence-corrected chi connectivity index (χ2v) is 8.59. The van der Waals surface area contributed by atoms with E-state index in [0.29, 0.717) is 17.4 Å². The molecule has 2 heterocycles. The summed E-state index contributed by atoms with van der Waals surface area (Å²) in [4.78, 5) is 21.0. The number of thiazole rings is 1. The fraction of sp³-hybridized carbons (Fsp3) is 0.105. The van der Waals surface area contributed by atoms with Crippen molar-refractivity contribution in [3.8, 4) is 0 Å².